The fourth-order valence-corrected chi connectivity index (χ4v) is 4.14. The van der Waals surface area contributed by atoms with E-state index in [-0.39, 0.29) is 5.91 Å². The number of hydrogen-bond acceptors (Lipinski definition) is 3. The topological polar surface area (TPSA) is 59.8 Å². The molecule has 0 bridgehead atoms. The lowest BCUT2D eigenvalue weighted by molar-refractivity contribution is -0.121. The minimum absolute atomic E-state index is 0.0648. The van der Waals surface area contributed by atoms with Gasteiger partial charge in [-0.3, -0.25) is 4.79 Å². The van der Waals surface area contributed by atoms with Crippen molar-refractivity contribution in [3.63, 3.8) is 0 Å². The highest BCUT2D eigenvalue weighted by atomic mass is 16.1. The normalized spacial score (nSPS) is 14.9. The zero-order valence-corrected chi connectivity index (χ0v) is 17.4. The zero-order valence-electron chi connectivity index (χ0n) is 17.4. The highest BCUT2D eigenvalue weighted by molar-refractivity contribution is 5.76. The van der Waals surface area contributed by atoms with Gasteiger partial charge in [0.2, 0.25) is 5.91 Å². The van der Waals surface area contributed by atoms with E-state index < -0.39 is 0 Å². The molecule has 2 aromatic rings. The highest BCUT2D eigenvalue weighted by Crippen LogP contribution is 2.27. The number of nitrogens with zero attached hydrogens (tertiary/aromatic N) is 3. The first-order valence-corrected chi connectivity index (χ1v) is 10.9. The van der Waals surface area contributed by atoms with E-state index >= 15 is 0 Å². The van der Waals surface area contributed by atoms with Crippen molar-refractivity contribution in [3.8, 4) is 0 Å². The Bertz CT molecular complexity index is 744. The van der Waals surface area contributed by atoms with Crippen molar-refractivity contribution in [2.75, 3.05) is 0 Å². The molecule has 0 unspecified atom stereocenters. The van der Waals surface area contributed by atoms with E-state index in [2.05, 4.69) is 58.2 Å². The maximum atomic E-state index is 12.2. The predicted octanol–water partition coefficient (Wildman–Crippen LogP) is 4.37. The summed E-state index contributed by atoms with van der Waals surface area (Å²) in [6, 6.07) is 8.25. The molecule has 0 radical (unpaired) electrons. The van der Waals surface area contributed by atoms with Crippen LogP contribution in [0.25, 0.3) is 0 Å². The van der Waals surface area contributed by atoms with Gasteiger partial charge in [-0.15, -0.1) is 10.2 Å². The lowest BCUT2D eigenvalue weighted by atomic mass is 9.86. The Balaban J connectivity index is 1.46. The Kier molecular flexibility index (Phi) is 7.63. The molecule has 5 heteroatoms. The zero-order chi connectivity index (χ0) is 19.8. The van der Waals surface area contributed by atoms with Crippen LogP contribution in [0.4, 0.5) is 0 Å². The van der Waals surface area contributed by atoms with Crippen LogP contribution >= 0.6 is 0 Å². The molecule has 1 aliphatic rings. The van der Waals surface area contributed by atoms with Crippen molar-refractivity contribution >= 4 is 5.91 Å². The third-order valence-corrected chi connectivity index (χ3v) is 5.91. The minimum Gasteiger partial charge on any atom is -0.352 e. The molecule has 0 spiro atoms. The number of aromatic nitrogens is 3. The van der Waals surface area contributed by atoms with Crippen LogP contribution in [0.5, 0.6) is 0 Å². The Morgan fingerprint density at radius 3 is 2.43 bits per heavy atom. The third kappa shape index (κ3) is 5.91. The monoisotopic (exact) mass is 382 g/mol. The average Bonchev–Trinajstić information content (AvgIpc) is 3.13. The molecule has 1 heterocycles. The van der Waals surface area contributed by atoms with Gasteiger partial charge in [-0.25, -0.2) is 0 Å². The van der Waals surface area contributed by atoms with Gasteiger partial charge in [0, 0.05) is 32.4 Å². The number of hydrogen-bond donors (Lipinski definition) is 1. The van der Waals surface area contributed by atoms with Gasteiger partial charge in [0.15, 0.2) is 0 Å². The van der Waals surface area contributed by atoms with Gasteiger partial charge >= 0.3 is 0 Å². The highest BCUT2D eigenvalue weighted by Gasteiger charge is 2.17. The van der Waals surface area contributed by atoms with E-state index in [9.17, 15) is 4.79 Å². The lowest BCUT2D eigenvalue weighted by Gasteiger charge is -2.21. The van der Waals surface area contributed by atoms with Crippen LogP contribution < -0.4 is 5.32 Å². The molecule has 1 saturated carbocycles. The van der Waals surface area contributed by atoms with E-state index in [0.29, 0.717) is 19.4 Å². The van der Waals surface area contributed by atoms with Crippen molar-refractivity contribution in [1.29, 1.82) is 0 Å². The van der Waals surface area contributed by atoms with Gasteiger partial charge in [0.1, 0.15) is 11.6 Å². The van der Waals surface area contributed by atoms with E-state index in [1.807, 2.05) is 0 Å². The first kappa shape index (κ1) is 20.6. The van der Waals surface area contributed by atoms with Crippen LogP contribution in [-0.2, 0) is 30.7 Å². The van der Waals surface area contributed by atoms with Gasteiger partial charge in [-0.05, 0) is 31.7 Å². The molecule has 1 fully saturated rings. The second kappa shape index (κ2) is 10.4. The molecule has 1 amide bonds. The molecular formula is C23H34N4O. The number of nitrogens with one attached hydrogen (secondary N) is 1. The molecule has 1 N–H and O–H groups in total. The van der Waals surface area contributed by atoms with Gasteiger partial charge in [-0.2, -0.15) is 0 Å². The first-order valence-electron chi connectivity index (χ1n) is 10.9. The lowest BCUT2D eigenvalue weighted by Crippen LogP contribution is -2.23. The number of amides is 1. The molecule has 0 saturated heterocycles. The van der Waals surface area contributed by atoms with Crippen LogP contribution in [0.3, 0.4) is 0 Å². The van der Waals surface area contributed by atoms with Crippen molar-refractivity contribution < 1.29 is 4.79 Å². The summed E-state index contributed by atoms with van der Waals surface area (Å²) < 4.78 is 2.20. The molecule has 28 heavy (non-hydrogen) atoms. The Morgan fingerprint density at radius 1 is 1.07 bits per heavy atom. The summed E-state index contributed by atoms with van der Waals surface area (Å²) in [5, 5.41) is 11.8. The third-order valence-electron chi connectivity index (χ3n) is 5.91. The Labute approximate surface area is 168 Å². The molecule has 152 valence electrons. The second-order valence-electron chi connectivity index (χ2n) is 8.08. The van der Waals surface area contributed by atoms with Crippen LogP contribution in [0.2, 0.25) is 0 Å². The minimum atomic E-state index is 0.0648. The number of carbonyl (C=O) groups is 1. The maximum Gasteiger partial charge on any atom is 0.220 e. The summed E-state index contributed by atoms with van der Waals surface area (Å²) in [4.78, 5) is 12.2. The molecule has 1 aromatic carbocycles. The summed E-state index contributed by atoms with van der Waals surface area (Å²) in [5.41, 5.74) is 2.36. The van der Waals surface area contributed by atoms with E-state index in [1.54, 1.807) is 0 Å². The molecule has 1 aliphatic carbocycles. The fourth-order valence-electron chi connectivity index (χ4n) is 4.14. The predicted molar refractivity (Wildman–Crippen MR) is 112 cm³/mol. The molecule has 1 aromatic heterocycles. The summed E-state index contributed by atoms with van der Waals surface area (Å²) >= 11 is 0. The van der Waals surface area contributed by atoms with Gasteiger partial charge < -0.3 is 9.88 Å². The average molecular weight is 383 g/mol. The first-order chi connectivity index (χ1) is 13.7. The largest absolute Gasteiger partial charge is 0.352 e. The summed E-state index contributed by atoms with van der Waals surface area (Å²) in [7, 11) is 0. The Morgan fingerprint density at radius 2 is 1.75 bits per heavy atom. The van der Waals surface area contributed by atoms with Crippen molar-refractivity contribution in [2.24, 2.45) is 5.92 Å². The van der Waals surface area contributed by atoms with Crippen LogP contribution in [-0.4, -0.2) is 20.7 Å². The van der Waals surface area contributed by atoms with Crippen LogP contribution in [0, 0.1) is 12.8 Å². The Hall–Kier alpha value is -2.17. The molecular weight excluding hydrogens is 348 g/mol. The summed E-state index contributed by atoms with van der Waals surface area (Å²) in [5.74, 6) is 2.94. The summed E-state index contributed by atoms with van der Waals surface area (Å²) in [6.07, 6.45) is 10.2. The quantitative estimate of drug-likeness (QED) is 0.701. The van der Waals surface area contributed by atoms with Crippen LogP contribution in [0.15, 0.2) is 24.3 Å². The smallest absolute Gasteiger partial charge is 0.220 e. The molecule has 0 aliphatic heterocycles. The van der Waals surface area contributed by atoms with Gasteiger partial charge in [0.05, 0.1) is 0 Å². The van der Waals surface area contributed by atoms with Gasteiger partial charge in [-0.1, -0.05) is 61.9 Å². The number of carbonyl (C=O) groups excluding carboxylic acids is 1. The van der Waals surface area contributed by atoms with Crippen molar-refractivity contribution in [3.05, 3.63) is 47.0 Å². The number of aryl methyl sites for hydroxylation is 3. The SMILES string of the molecule is CCn1c(CCC(=O)NCc2ccc(C)cc2)nnc1CCC1CCCCC1. The van der Waals surface area contributed by atoms with E-state index in [1.165, 1.54) is 44.1 Å². The fraction of sp³-hybridized carbons (Fsp3) is 0.609. The van der Waals surface area contributed by atoms with Gasteiger partial charge in [0.25, 0.3) is 0 Å². The number of benzene rings is 1. The standard InChI is InChI=1S/C23H34N4O/c1-3-27-21(14-13-19-7-5-4-6-8-19)25-26-22(27)15-16-23(28)24-17-20-11-9-18(2)10-12-20/h9-12,19H,3-8,13-17H2,1-2H3,(H,24,28). The molecule has 0 atom stereocenters. The second-order valence-corrected chi connectivity index (χ2v) is 8.08. The van der Waals surface area contributed by atoms with Crippen molar-refractivity contribution in [1.82, 2.24) is 20.1 Å². The van der Waals surface area contributed by atoms with Crippen molar-refractivity contribution in [2.45, 2.75) is 84.7 Å². The molecule has 3 rings (SSSR count). The maximum absolute atomic E-state index is 12.2. The number of rotatable bonds is 9. The molecule has 5 nitrogen and oxygen atoms in total. The van der Waals surface area contributed by atoms with E-state index in [4.69, 9.17) is 0 Å². The summed E-state index contributed by atoms with van der Waals surface area (Å²) in [6.45, 7) is 5.64. The van der Waals surface area contributed by atoms with Crippen LogP contribution in [0.1, 0.15) is 74.6 Å². The van der Waals surface area contributed by atoms with E-state index in [0.717, 1.165) is 36.1 Å².